The molecule has 0 amide bonds. The average Bonchev–Trinajstić information content (AvgIpc) is 3.17. The highest BCUT2D eigenvalue weighted by Crippen LogP contribution is 2.29. The molecule has 0 radical (unpaired) electrons. The van der Waals surface area contributed by atoms with Gasteiger partial charge in [-0.1, -0.05) is 6.92 Å². The largest absolute Gasteiger partial charge is 0.465 e. The monoisotopic (exact) mass is 380 g/mol. The van der Waals surface area contributed by atoms with Crippen molar-refractivity contribution in [3.63, 3.8) is 0 Å². The first-order chi connectivity index (χ1) is 11.9. The molecule has 25 heavy (non-hydrogen) atoms. The van der Waals surface area contributed by atoms with E-state index in [-0.39, 0.29) is 12.0 Å². The predicted molar refractivity (Wildman–Crippen MR) is 105 cm³/mol. The summed E-state index contributed by atoms with van der Waals surface area (Å²) in [6.45, 7) is 8.94. The third kappa shape index (κ3) is 4.58. The molecule has 0 bridgehead atoms. The number of aryl methyl sites for hydroxylation is 3. The smallest absolute Gasteiger partial charge is 0.340 e. The van der Waals surface area contributed by atoms with Gasteiger partial charge in [-0.05, 0) is 45.5 Å². The number of nitrogens with zero attached hydrogens (tertiary/aromatic N) is 2. The van der Waals surface area contributed by atoms with Crippen LogP contribution in [0.5, 0.6) is 0 Å². The minimum atomic E-state index is -0.366. The van der Waals surface area contributed by atoms with Crippen LogP contribution in [0, 0.1) is 6.92 Å². The number of nitrogens with one attached hydrogen (secondary N) is 2. The first-order valence-electron chi connectivity index (χ1n) is 8.22. The van der Waals surface area contributed by atoms with E-state index in [1.54, 1.807) is 0 Å². The van der Waals surface area contributed by atoms with Crippen LogP contribution in [0.2, 0.25) is 0 Å². The lowest BCUT2D eigenvalue weighted by Gasteiger charge is -2.16. The SMILES string of the molecule is CCc1cc(C(=O)OC)c(NC(=S)NC(C)c2cn(CC)nc2C)s1. The number of hydrogen-bond acceptors (Lipinski definition) is 5. The molecule has 136 valence electrons. The molecule has 0 aliphatic rings. The summed E-state index contributed by atoms with van der Waals surface area (Å²) in [5.41, 5.74) is 2.58. The number of esters is 1. The van der Waals surface area contributed by atoms with Crippen LogP contribution in [0.4, 0.5) is 5.00 Å². The maximum Gasteiger partial charge on any atom is 0.340 e. The topological polar surface area (TPSA) is 68.2 Å². The van der Waals surface area contributed by atoms with E-state index in [1.807, 2.05) is 37.7 Å². The number of thiocarbonyl (C=S) groups is 1. The summed E-state index contributed by atoms with van der Waals surface area (Å²) < 4.78 is 6.75. The lowest BCUT2D eigenvalue weighted by molar-refractivity contribution is 0.0602. The summed E-state index contributed by atoms with van der Waals surface area (Å²) in [6, 6.07) is 1.85. The molecule has 2 aromatic rings. The van der Waals surface area contributed by atoms with Crippen molar-refractivity contribution in [2.45, 2.75) is 46.7 Å². The Labute approximate surface area is 157 Å². The van der Waals surface area contributed by atoms with Crippen LogP contribution < -0.4 is 10.6 Å². The molecule has 2 heterocycles. The molecular weight excluding hydrogens is 356 g/mol. The van der Waals surface area contributed by atoms with Crippen molar-refractivity contribution < 1.29 is 9.53 Å². The van der Waals surface area contributed by atoms with E-state index in [2.05, 4.69) is 22.7 Å². The number of rotatable bonds is 6. The van der Waals surface area contributed by atoms with Crippen LogP contribution in [0.1, 0.15) is 53.3 Å². The average molecular weight is 381 g/mol. The molecule has 0 aromatic carbocycles. The Morgan fingerprint density at radius 3 is 2.76 bits per heavy atom. The lowest BCUT2D eigenvalue weighted by atomic mass is 10.1. The fraction of sp³-hybridized carbons (Fsp3) is 0.471. The summed E-state index contributed by atoms with van der Waals surface area (Å²) >= 11 is 6.93. The summed E-state index contributed by atoms with van der Waals surface area (Å²) in [5.74, 6) is -0.366. The fourth-order valence-corrected chi connectivity index (χ4v) is 3.84. The summed E-state index contributed by atoms with van der Waals surface area (Å²) in [5, 5.41) is 12.0. The van der Waals surface area contributed by atoms with Gasteiger partial charge < -0.3 is 15.4 Å². The van der Waals surface area contributed by atoms with E-state index in [9.17, 15) is 4.79 Å². The van der Waals surface area contributed by atoms with E-state index < -0.39 is 0 Å². The molecular formula is C17H24N4O2S2. The van der Waals surface area contributed by atoms with Crippen molar-refractivity contribution >= 4 is 39.6 Å². The molecule has 0 saturated carbocycles. The highest BCUT2D eigenvalue weighted by molar-refractivity contribution is 7.80. The first-order valence-corrected chi connectivity index (χ1v) is 9.44. The van der Waals surface area contributed by atoms with Crippen molar-refractivity contribution in [1.82, 2.24) is 15.1 Å². The zero-order valence-corrected chi connectivity index (χ0v) is 16.8. The van der Waals surface area contributed by atoms with E-state index in [1.165, 1.54) is 18.4 Å². The van der Waals surface area contributed by atoms with Crippen LogP contribution in [-0.2, 0) is 17.7 Å². The number of thiophene rings is 1. The van der Waals surface area contributed by atoms with Crippen LogP contribution in [0.25, 0.3) is 0 Å². The Morgan fingerprint density at radius 2 is 2.20 bits per heavy atom. The lowest BCUT2D eigenvalue weighted by Crippen LogP contribution is -2.31. The molecule has 0 saturated heterocycles. The molecule has 2 aromatic heterocycles. The van der Waals surface area contributed by atoms with Crippen molar-refractivity contribution in [3.8, 4) is 0 Å². The first kappa shape index (κ1) is 19.4. The summed E-state index contributed by atoms with van der Waals surface area (Å²) in [7, 11) is 1.38. The van der Waals surface area contributed by atoms with Gasteiger partial charge in [-0.3, -0.25) is 4.68 Å². The number of anilines is 1. The third-order valence-electron chi connectivity index (χ3n) is 3.89. The van der Waals surface area contributed by atoms with Crippen LogP contribution in [-0.4, -0.2) is 28.0 Å². The Balaban J connectivity index is 2.10. The minimum absolute atomic E-state index is 0.00693. The molecule has 0 fully saturated rings. The normalized spacial score (nSPS) is 11.9. The fourth-order valence-electron chi connectivity index (χ4n) is 2.50. The van der Waals surface area contributed by atoms with Gasteiger partial charge in [0.15, 0.2) is 5.11 Å². The standard InChI is InChI=1S/C17H24N4O2S2/c1-6-12-8-13(16(22)23-5)15(25-12)19-17(24)18-10(3)14-9-21(7-2)20-11(14)4/h8-10H,6-7H2,1-5H3,(H2,18,19,24). The Kier molecular flexibility index (Phi) is 6.55. The molecule has 0 aliphatic heterocycles. The van der Waals surface area contributed by atoms with E-state index in [4.69, 9.17) is 17.0 Å². The Bertz CT molecular complexity index is 767. The second-order valence-electron chi connectivity index (χ2n) is 5.65. The molecule has 1 unspecified atom stereocenters. The van der Waals surface area contributed by atoms with Gasteiger partial charge in [-0.2, -0.15) is 5.10 Å². The Morgan fingerprint density at radius 1 is 1.48 bits per heavy atom. The van der Waals surface area contributed by atoms with Gasteiger partial charge in [0.2, 0.25) is 0 Å². The van der Waals surface area contributed by atoms with Gasteiger partial charge in [0.25, 0.3) is 0 Å². The van der Waals surface area contributed by atoms with Crippen molar-refractivity contribution in [1.29, 1.82) is 0 Å². The molecule has 0 aliphatic carbocycles. The van der Waals surface area contributed by atoms with Crippen molar-refractivity contribution in [3.05, 3.63) is 34.0 Å². The number of hydrogen-bond donors (Lipinski definition) is 2. The molecule has 0 spiro atoms. The highest BCUT2D eigenvalue weighted by atomic mass is 32.1. The van der Waals surface area contributed by atoms with Crippen molar-refractivity contribution in [2.75, 3.05) is 12.4 Å². The van der Waals surface area contributed by atoms with Crippen LogP contribution >= 0.6 is 23.6 Å². The molecule has 6 nitrogen and oxygen atoms in total. The minimum Gasteiger partial charge on any atom is -0.465 e. The maximum absolute atomic E-state index is 11.9. The van der Waals surface area contributed by atoms with Gasteiger partial charge in [-0.25, -0.2) is 4.79 Å². The quantitative estimate of drug-likeness (QED) is 0.589. The number of methoxy groups -OCH3 is 1. The molecule has 2 N–H and O–H groups in total. The second kappa shape index (κ2) is 8.44. The van der Waals surface area contributed by atoms with Gasteiger partial charge >= 0.3 is 5.97 Å². The zero-order valence-electron chi connectivity index (χ0n) is 15.2. The number of ether oxygens (including phenoxy) is 1. The zero-order chi connectivity index (χ0) is 18.6. The van der Waals surface area contributed by atoms with Gasteiger partial charge in [0.05, 0.1) is 24.4 Å². The van der Waals surface area contributed by atoms with Gasteiger partial charge in [-0.15, -0.1) is 11.3 Å². The summed E-state index contributed by atoms with van der Waals surface area (Å²) in [4.78, 5) is 13.0. The number of carbonyl (C=O) groups excluding carboxylic acids is 1. The molecule has 8 heteroatoms. The summed E-state index contributed by atoms with van der Waals surface area (Å²) in [6.07, 6.45) is 2.87. The maximum atomic E-state index is 11.9. The van der Waals surface area contributed by atoms with Crippen LogP contribution in [0.3, 0.4) is 0 Å². The third-order valence-corrected chi connectivity index (χ3v) is 5.30. The predicted octanol–water partition coefficient (Wildman–Crippen LogP) is 3.67. The molecule has 1 atom stereocenters. The Hall–Kier alpha value is -1.93. The number of aromatic nitrogens is 2. The second-order valence-corrected chi connectivity index (χ2v) is 7.19. The van der Waals surface area contributed by atoms with E-state index >= 15 is 0 Å². The highest BCUT2D eigenvalue weighted by Gasteiger charge is 2.18. The molecule has 2 rings (SSSR count). The van der Waals surface area contributed by atoms with Gasteiger partial charge in [0, 0.05) is 23.2 Å². The number of carbonyl (C=O) groups is 1. The van der Waals surface area contributed by atoms with E-state index in [0.29, 0.717) is 15.7 Å². The van der Waals surface area contributed by atoms with Gasteiger partial charge in [0.1, 0.15) is 5.00 Å². The van der Waals surface area contributed by atoms with E-state index in [0.717, 1.165) is 29.1 Å². The van der Waals surface area contributed by atoms with Crippen LogP contribution in [0.15, 0.2) is 12.3 Å². The van der Waals surface area contributed by atoms with Crippen molar-refractivity contribution in [2.24, 2.45) is 0 Å².